The number of halogens is 5. The summed E-state index contributed by atoms with van der Waals surface area (Å²) in [5, 5.41) is 142. The molecule has 2 N–H and O–H groups in total. The van der Waals surface area contributed by atoms with E-state index in [2.05, 4.69) is 9.47 Å². The van der Waals surface area contributed by atoms with Crippen molar-refractivity contribution in [2.45, 2.75) is 104 Å². The number of aromatic carboxylic acids is 6. The van der Waals surface area contributed by atoms with Crippen LogP contribution in [0.1, 0.15) is 178 Å². The van der Waals surface area contributed by atoms with Crippen LogP contribution in [-0.4, -0.2) is 118 Å². The zero-order valence-corrected chi connectivity index (χ0v) is 74.7. The summed E-state index contributed by atoms with van der Waals surface area (Å²) in [6.45, 7) is 13.4. The molecule has 9 aromatic rings. The van der Waals surface area contributed by atoms with Crippen molar-refractivity contribution in [1.82, 2.24) is 0 Å². The topological polar surface area (TPSA) is 558 Å². The second kappa shape index (κ2) is 56.2. The Hall–Kier alpha value is -11.6. The average molecular weight is 1990 g/mol. The number of carbonyl (C=O) groups excluding carboxylic acids is 11. The van der Waals surface area contributed by atoms with E-state index in [1.165, 1.54) is 81.0 Å². The Balaban J connectivity index is 0.000000687. The van der Waals surface area contributed by atoms with E-state index in [-0.39, 0.29) is 46.1 Å². The summed E-state index contributed by atoms with van der Waals surface area (Å²) in [7, 11) is 1.52. The van der Waals surface area contributed by atoms with E-state index in [1.807, 2.05) is 101 Å². The van der Waals surface area contributed by atoms with Gasteiger partial charge in [0, 0.05) is 66.2 Å². The van der Waals surface area contributed by atoms with Crippen LogP contribution in [0.3, 0.4) is 0 Å². The Morgan fingerprint density at radius 3 is 1.28 bits per heavy atom. The molecule has 124 heavy (non-hydrogen) atoms. The molecule has 1 unspecified atom stereocenters. The van der Waals surface area contributed by atoms with Gasteiger partial charge >= 0.3 is 11.9 Å². The standard InChI is InChI=1S/C16H14O3.C11H16O2.C11H8O2.C10H12O2.C8H8O2.C7H4I2O3.C7H6O3.C7H6O2.C5H10O4.C4H8O2.C2HCl3O2.C2H4O2/c1-11(16(18)19)13-8-5-9-14(10-13)15(17)12-6-3-2-4-7-12;12-10(13)11-4-7-1-8(5-11)3-9(2-7)6-11;12-11(13)10-6-5-8-3-1-2-4-9(8)7-10;1-6-4-7(2)9(10(11)12)8(3)5-6;1-6-2-4-7(5-3-6)8(9)10;8-3-1-4(7(11)12)6(10)5(9)2-3;8-6-4-2-1-3-5(6)7(9)10;8-7(9)6-4-2-1-3-5-6;1-8-2-3-9-4-5(6)7;1-3(2)4(5)6;3-2(4,5)1(6)7;1-2(3)4/h2-11H,1H3,(H,18,19);7-9H,1-6H2,(H,12,13);1-7H,(H,12,13);4-5H,1-3H3,(H,11,12);2-5H,1H3,(H,9,10);1-2,10H,(H,11,12);1-4,8H,(H,9,10);1-5H,(H,8,9);2-4H2,1H3,(H,6,7);3H,1-2H3,(H,5,6);(H,6,7);1H3,(H,3,4)/p-12. The van der Waals surface area contributed by atoms with E-state index in [1.54, 1.807) is 138 Å². The highest BCUT2D eigenvalue weighted by atomic mass is 127. The van der Waals surface area contributed by atoms with Crippen LogP contribution in [0.15, 0.2) is 200 Å². The summed E-state index contributed by atoms with van der Waals surface area (Å²) in [4.78, 5) is 134. The largest absolute Gasteiger partial charge is 0.872 e. The summed E-state index contributed by atoms with van der Waals surface area (Å²) >= 11 is 18.0. The second-order valence-corrected chi connectivity index (χ2v) is 32.3. The maximum absolute atomic E-state index is 12.2. The number of rotatable bonds is 17. The number of aryl methyl sites for hydroxylation is 4. The van der Waals surface area contributed by atoms with Crippen LogP contribution in [0.5, 0.6) is 11.5 Å². The molecule has 4 bridgehead atoms. The molecule has 0 heterocycles. The zero-order valence-electron chi connectivity index (χ0n) is 68.1. The summed E-state index contributed by atoms with van der Waals surface area (Å²) in [5.74, 6) is -13.6. The van der Waals surface area contributed by atoms with Crippen molar-refractivity contribution in [2.75, 3.05) is 26.9 Å². The smallest absolute Gasteiger partial charge is 0.335 e. The van der Waals surface area contributed by atoms with Gasteiger partial charge in [0.2, 0.25) is 3.79 Å². The predicted molar refractivity (Wildman–Crippen MR) is 450 cm³/mol. The molecule has 0 saturated heterocycles. The molecule has 0 aliphatic heterocycles. The Morgan fingerprint density at radius 1 is 0.476 bits per heavy atom. The lowest BCUT2D eigenvalue weighted by atomic mass is 9.49. The molecule has 13 rings (SSSR count). The molecule has 4 aliphatic rings. The number of para-hydroxylation sites is 1. The number of fused-ring (bicyclic) bond motifs is 1. The van der Waals surface area contributed by atoms with Crippen molar-refractivity contribution in [3.63, 3.8) is 0 Å². The fourth-order valence-electron chi connectivity index (χ4n) is 11.9. The Morgan fingerprint density at radius 2 is 0.895 bits per heavy atom. The fraction of sp³-hybridized carbons (Fsp3) is 0.278. The summed E-state index contributed by atoms with van der Waals surface area (Å²) in [5.41, 5.74) is 5.56. The molecule has 0 radical (unpaired) electrons. The number of aliphatic carboxylic acids is 6. The molecule has 1 atom stereocenters. The first-order chi connectivity index (χ1) is 57.9. The van der Waals surface area contributed by atoms with Gasteiger partial charge in [-0.05, 0) is 216 Å². The van der Waals surface area contributed by atoms with Gasteiger partial charge < -0.3 is 129 Å². The molecule has 4 saturated carbocycles. The van der Waals surface area contributed by atoms with Crippen molar-refractivity contribution < 1.29 is 143 Å². The van der Waals surface area contributed by atoms with Gasteiger partial charge in [0.15, 0.2) is 5.78 Å². The molecule has 4 aliphatic carbocycles. The number of ether oxygens (including phenoxy) is 2. The molecule has 34 heteroatoms. The van der Waals surface area contributed by atoms with Crippen LogP contribution in [0.4, 0.5) is 0 Å². The van der Waals surface area contributed by atoms with E-state index in [4.69, 9.17) is 54.9 Å². The van der Waals surface area contributed by atoms with E-state index < -0.39 is 98.3 Å². The van der Waals surface area contributed by atoms with Crippen molar-refractivity contribution in [1.29, 1.82) is 0 Å². The van der Waals surface area contributed by atoms with Crippen LogP contribution in [-0.2, 0) is 38.2 Å². The molecular weight excluding hydrogens is 1910 g/mol. The van der Waals surface area contributed by atoms with Crippen molar-refractivity contribution in [2.24, 2.45) is 29.1 Å². The number of ketones is 1. The number of carboxylic acids is 12. The highest BCUT2D eigenvalue weighted by molar-refractivity contribution is 14.1. The molecule has 666 valence electrons. The van der Waals surface area contributed by atoms with Crippen LogP contribution >= 0.6 is 80.0 Å². The molecule has 29 nitrogen and oxygen atoms in total. The second-order valence-electron chi connectivity index (χ2n) is 27.6. The lowest BCUT2D eigenvalue weighted by Gasteiger charge is -2.57. The van der Waals surface area contributed by atoms with Gasteiger partial charge in [0.05, 0.1) is 66.8 Å². The van der Waals surface area contributed by atoms with Gasteiger partial charge in [-0.25, -0.2) is 9.59 Å². The van der Waals surface area contributed by atoms with Gasteiger partial charge in [-0.3, -0.25) is 4.79 Å². The minimum Gasteiger partial charge on any atom is -0.872 e. The molecule has 0 spiro atoms. The lowest BCUT2D eigenvalue weighted by Crippen LogP contribution is -2.54. The molecule has 4 fully saturated rings. The Bertz CT molecular complexity index is 4990. The Kier molecular flexibility index (Phi) is 50.1. The lowest BCUT2D eigenvalue weighted by molar-refractivity contribution is -0.327. The zero-order chi connectivity index (χ0) is 94.5. The molecule has 0 amide bonds. The average Bonchev–Trinajstić information content (AvgIpc) is 0.743. The number of carbonyl (C=O) groups is 13. The summed E-state index contributed by atoms with van der Waals surface area (Å²) in [6, 6.07) is 55.0. The number of alkyl halides is 3. The van der Waals surface area contributed by atoms with Gasteiger partial charge in [0.25, 0.3) is 0 Å². The van der Waals surface area contributed by atoms with Gasteiger partial charge in [-0.1, -0.05) is 248 Å². The van der Waals surface area contributed by atoms with Gasteiger partial charge in [0.1, 0.15) is 0 Å². The third-order valence-corrected chi connectivity index (χ3v) is 19.3. The number of hydrogen-bond acceptors (Lipinski definition) is 27. The van der Waals surface area contributed by atoms with E-state index in [0.29, 0.717) is 56.8 Å². The van der Waals surface area contributed by atoms with E-state index in [0.717, 1.165) is 62.8 Å². The van der Waals surface area contributed by atoms with E-state index >= 15 is 0 Å². The number of methoxy groups -OCH3 is 1. The van der Waals surface area contributed by atoms with Crippen molar-refractivity contribution in [3.8, 4) is 11.5 Å². The molecule has 9 aromatic carbocycles. The van der Waals surface area contributed by atoms with Crippen LogP contribution < -0.4 is 61.3 Å². The Labute approximate surface area is 756 Å². The monoisotopic (exact) mass is 1990 g/mol. The summed E-state index contributed by atoms with van der Waals surface area (Å²) < 4.78 is 8.06. The minimum absolute atomic E-state index is 0.118. The quantitative estimate of drug-likeness (QED) is 0.0561. The molecule has 0 aromatic heterocycles. The maximum Gasteiger partial charge on any atom is 0.335 e. The normalized spacial score (nSPS) is 14.4. The molecular formula is C90H85Cl3I2O29-12. The highest BCUT2D eigenvalue weighted by Crippen LogP contribution is 2.59. The van der Waals surface area contributed by atoms with Gasteiger partial charge in [-0.2, -0.15) is 0 Å². The van der Waals surface area contributed by atoms with Gasteiger partial charge in [-0.15, -0.1) is 0 Å². The summed E-state index contributed by atoms with van der Waals surface area (Å²) in [6.07, 6.45) is 6.65. The van der Waals surface area contributed by atoms with Crippen LogP contribution in [0.25, 0.3) is 10.8 Å². The maximum atomic E-state index is 12.2. The van der Waals surface area contributed by atoms with Crippen LogP contribution in [0.2, 0.25) is 0 Å². The van der Waals surface area contributed by atoms with E-state index in [9.17, 15) is 114 Å². The predicted octanol–water partition coefficient (Wildman–Crippen LogP) is 4.09. The number of benzene rings is 9. The van der Waals surface area contributed by atoms with Crippen LogP contribution in [0, 0.1) is 63.9 Å². The first kappa shape index (κ1) is 110. The minimum atomic E-state index is -2.28. The third-order valence-electron chi connectivity index (χ3n) is 17.4. The third kappa shape index (κ3) is 42.5. The highest BCUT2D eigenvalue weighted by Gasteiger charge is 2.51. The van der Waals surface area contributed by atoms with Crippen molar-refractivity contribution >= 4 is 168 Å². The number of hydrogen-bond donors (Lipinski definition) is 2. The first-order valence-electron chi connectivity index (χ1n) is 36.9. The SMILES string of the molecule is CC(=O)[O-].CC(C(=O)[O-])c1cccc(C(=O)c2ccccc2)c1.CC(C)C(=O)[O-].COCCOCC(=O)[O-].Cc1cc(C)c(C(=O)[O-])c(C)c1.Cc1ccc(C(=O)[O-])cc1.O=C(O)c1cc(I)cc(I)c1[O-].O=C(O)c1ccccc1[O-].O=C([O-])C(Cl)(Cl)Cl.O=C([O-])C12CC3CC(CC(C3)C1)C2.O=C([O-])c1ccc2ccccc2c1.O=C([O-])c1ccccc1. The first-order valence-corrected chi connectivity index (χ1v) is 40.2. The van der Waals surface area contributed by atoms with Crippen molar-refractivity contribution in [3.05, 3.63) is 280 Å². The number of carboxylic acid groups (broad SMARTS) is 12. The fourth-order valence-corrected chi connectivity index (χ4v) is 13.8.